The SMILES string of the molecule is [CH2]/C=C/CCCC(C)CCCCCC[CH2]. The summed E-state index contributed by atoms with van der Waals surface area (Å²) in [5, 5.41) is 0. The highest BCUT2D eigenvalue weighted by molar-refractivity contribution is 4.83. The van der Waals surface area contributed by atoms with E-state index in [0.29, 0.717) is 0 Å². The van der Waals surface area contributed by atoms with Gasteiger partial charge in [0.2, 0.25) is 0 Å². The molecule has 0 aliphatic heterocycles. The lowest BCUT2D eigenvalue weighted by atomic mass is 9.97. The van der Waals surface area contributed by atoms with Crippen LogP contribution in [-0.2, 0) is 0 Å². The van der Waals surface area contributed by atoms with Gasteiger partial charge in [-0.2, -0.15) is 0 Å². The number of rotatable bonds is 10. The maximum atomic E-state index is 3.86. The number of allylic oxidation sites excluding steroid dienone is 2. The van der Waals surface area contributed by atoms with Crippen molar-refractivity contribution < 1.29 is 0 Å². The van der Waals surface area contributed by atoms with E-state index in [0.717, 1.165) is 12.3 Å². The van der Waals surface area contributed by atoms with Crippen molar-refractivity contribution in [3.63, 3.8) is 0 Å². The molecule has 0 heterocycles. The second-order valence-corrected chi connectivity index (χ2v) is 4.56. The van der Waals surface area contributed by atoms with Crippen LogP contribution in [0.1, 0.15) is 64.7 Å². The van der Waals surface area contributed by atoms with Crippen molar-refractivity contribution in [1.82, 2.24) is 0 Å². The summed E-state index contributed by atoms with van der Waals surface area (Å²) in [7, 11) is 0. The number of hydrogen-bond donors (Lipinski definition) is 0. The summed E-state index contributed by atoms with van der Waals surface area (Å²) in [6.07, 6.45) is 16.0. The molecule has 0 aliphatic rings. The summed E-state index contributed by atoms with van der Waals surface area (Å²) in [6.45, 7) is 9.94. The Morgan fingerprint density at radius 2 is 1.67 bits per heavy atom. The van der Waals surface area contributed by atoms with Gasteiger partial charge < -0.3 is 0 Å². The van der Waals surface area contributed by atoms with Gasteiger partial charge in [0.1, 0.15) is 0 Å². The zero-order valence-corrected chi connectivity index (χ0v) is 10.5. The Balaban J connectivity index is 3.14. The van der Waals surface area contributed by atoms with Crippen molar-refractivity contribution in [2.75, 3.05) is 0 Å². The van der Waals surface area contributed by atoms with E-state index in [-0.39, 0.29) is 0 Å². The minimum atomic E-state index is 0.906. The fraction of sp³-hybridized carbons (Fsp3) is 0.733. The van der Waals surface area contributed by atoms with E-state index in [1.807, 2.05) is 6.08 Å². The molecule has 0 saturated heterocycles. The molecule has 0 amide bonds. The molecule has 0 rings (SSSR count). The highest BCUT2D eigenvalue weighted by Crippen LogP contribution is 2.16. The van der Waals surface area contributed by atoms with Gasteiger partial charge in [0.15, 0.2) is 0 Å². The fourth-order valence-electron chi connectivity index (χ4n) is 1.87. The summed E-state index contributed by atoms with van der Waals surface area (Å²) in [6, 6.07) is 0. The topological polar surface area (TPSA) is 0 Å². The molecule has 0 heteroatoms. The summed E-state index contributed by atoms with van der Waals surface area (Å²) in [5.41, 5.74) is 0. The molecule has 0 aromatic rings. The van der Waals surface area contributed by atoms with Crippen molar-refractivity contribution in [1.29, 1.82) is 0 Å². The molecule has 0 aliphatic carbocycles. The highest BCUT2D eigenvalue weighted by Gasteiger charge is 2.00. The van der Waals surface area contributed by atoms with E-state index >= 15 is 0 Å². The fourth-order valence-corrected chi connectivity index (χ4v) is 1.87. The molecule has 0 aromatic carbocycles. The molecular weight excluding hydrogens is 180 g/mol. The Labute approximate surface area is 97.2 Å². The van der Waals surface area contributed by atoms with Crippen LogP contribution in [0.5, 0.6) is 0 Å². The smallest absolute Gasteiger partial charge is 0.0316 e. The molecule has 0 N–H and O–H groups in total. The average Bonchev–Trinajstić information content (AvgIpc) is 2.24. The Bertz CT molecular complexity index is 135. The Hall–Kier alpha value is -0.260. The first-order valence-electron chi connectivity index (χ1n) is 6.54. The summed E-state index contributed by atoms with van der Waals surface area (Å²) in [5.74, 6) is 0.906. The van der Waals surface area contributed by atoms with E-state index in [1.54, 1.807) is 0 Å². The van der Waals surface area contributed by atoms with Crippen LogP contribution in [0.3, 0.4) is 0 Å². The van der Waals surface area contributed by atoms with Gasteiger partial charge in [0.05, 0.1) is 0 Å². The number of hydrogen-bond acceptors (Lipinski definition) is 0. The van der Waals surface area contributed by atoms with Crippen LogP contribution in [0.15, 0.2) is 12.2 Å². The van der Waals surface area contributed by atoms with Gasteiger partial charge in [0.25, 0.3) is 0 Å². The molecule has 0 fully saturated rings. The van der Waals surface area contributed by atoms with Gasteiger partial charge in [-0.05, 0) is 25.7 Å². The minimum absolute atomic E-state index is 0.906. The standard InChI is InChI=1S/C15H28/c1-4-6-8-10-12-14-15(3)13-11-9-7-5-2/h5,7,15H,1-2,4,6,8-14H2,3H3/b7-5+. The van der Waals surface area contributed by atoms with Crippen LogP contribution >= 0.6 is 0 Å². The number of unbranched alkanes of at least 4 members (excludes halogenated alkanes) is 5. The lowest BCUT2D eigenvalue weighted by Gasteiger charge is -2.09. The van der Waals surface area contributed by atoms with Crippen molar-refractivity contribution >= 4 is 0 Å². The first-order chi connectivity index (χ1) is 7.31. The molecule has 88 valence electrons. The minimum Gasteiger partial charge on any atom is -0.0885 e. The lowest BCUT2D eigenvalue weighted by Crippen LogP contribution is -1.94. The second kappa shape index (κ2) is 11.8. The monoisotopic (exact) mass is 208 g/mol. The third kappa shape index (κ3) is 11.7. The predicted molar refractivity (Wildman–Crippen MR) is 70.6 cm³/mol. The molecule has 0 bridgehead atoms. The third-order valence-corrected chi connectivity index (χ3v) is 2.93. The van der Waals surface area contributed by atoms with Crippen LogP contribution in [0.2, 0.25) is 0 Å². The second-order valence-electron chi connectivity index (χ2n) is 4.56. The van der Waals surface area contributed by atoms with Crippen molar-refractivity contribution in [3.8, 4) is 0 Å². The first kappa shape index (κ1) is 14.7. The molecule has 0 aromatic heterocycles. The van der Waals surface area contributed by atoms with Crippen LogP contribution in [0.25, 0.3) is 0 Å². The van der Waals surface area contributed by atoms with E-state index in [1.165, 1.54) is 51.4 Å². The van der Waals surface area contributed by atoms with Crippen LogP contribution < -0.4 is 0 Å². The Kier molecular flexibility index (Phi) is 11.6. The molecule has 1 unspecified atom stereocenters. The van der Waals surface area contributed by atoms with E-state index in [4.69, 9.17) is 0 Å². The largest absolute Gasteiger partial charge is 0.0885 e. The third-order valence-electron chi connectivity index (χ3n) is 2.93. The molecule has 1 atom stereocenters. The first-order valence-corrected chi connectivity index (χ1v) is 6.54. The normalized spacial score (nSPS) is 13.5. The Morgan fingerprint density at radius 1 is 1.00 bits per heavy atom. The predicted octanol–water partition coefficient (Wildman–Crippen LogP) is 5.36. The molecule has 0 nitrogen and oxygen atoms in total. The summed E-state index contributed by atoms with van der Waals surface area (Å²) < 4.78 is 0. The van der Waals surface area contributed by atoms with Crippen LogP contribution in [0, 0.1) is 19.8 Å². The van der Waals surface area contributed by atoms with Crippen LogP contribution in [-0.4, -0.2) is 0 Å². The van der Waals surface area contributed by atoms with Crippen molar-refractivity contribution in [2.24, 2.45) is 5.92 Å². The molecule has 0 saturated carbocycles. The maximum absolute atomic E-state index is 3.86. The lowest BCUT2D eigenvalue weighted by molar-refractivity contribution is 0.447. The average molecular weight is 208 g/mol. The van der Waals surface area contributed by atoms with Gasteiger partial charge in [-0.25, -0.2) is 0 Å². The zero-order chi connectivity index (χ0) is 11.4. The molecule has 0 spiro atoms. The van der Waals surface area contributed by atoms with Crippen LogP contribution in [0.4, 0.5) is 0 Å². The quantitative estimate of drug-likeness (QED) is 0.424. The van der Waals surface area contributed by atoms with Gasteiger partial charge in [-0.15, -0.1) is 0 Å². The highest BCUT2D eigenvalue weighted by atomic mass is 14.1. The van der Waals surface area contributed by atoms with E-state index in [2.05, 4.69) is 26.8 Å². The van der Waals surface area contributed by atoms with E-state index < -0.39 is 0 Å². The van der Waals surface area contributed by atoms with Gasteiger partial charge in [0, 0.05) is 0 Å². The Morgan fingerprint density at radius 3 is 2.33 bits per heavy atom. The van der Waals surface area contributed by atoms with Crippen molar-refractivity contribution in [2.45, 2.75) is 64.7 Å². The summed E-state index contributed by atoms with van der Waals surface area (Å²) in [4.78, 5) is 0. The molecular formula is C15H28. The zero-order valence-electron chi connectivity index (χ0n) is 10.5. The molecule has 15 heavy (non-hydrogen) atoms. The van der Waals surface area contributed by atoms with Gasteiger partial charge in [-0.1, -0.05) is 70.9 Å². The van der Waals surface area contributed by atoms with Crippen molar-refractivity contribution in [3.05, 3.63) is 26.0 Å². The van der Waals surface area contributed by atoms with Gasteiger partial charge >= 0.3 is 0 Å². The molecule has 2 radical (unpaired) electrons. The van der Waals surface area contributed by atoms with E-state index in [9.17, 15) is 0 Å². The summed E-state index contributed by atoms with van der Waals surface area (Å²) >= 11 is 0. The maximum Gasteiger partial charge on any atom is -0.0316 e. The van der Waals surface area contributed by atoms with Gasteiger partial charge in [-0.3, -0.25) is 0 Å².